The van der Waals surface area contributed by atoms with Gasteiger partial charge in [-0.2, -0.15) is 5.26 Å². The van der Waals surface area contributed by atoms with Crippen LogP contribution >= 0.6 is 0 Å². The van der Waals surface area contributed by atoms with E-state index in [0.717, 1.165) is 51.6 Å². The largest absolute Gasteiger partial charge is 0.480 e. The maximum atomic E-state index is 11.1. The molecule has 4 nitrogen and oxygen atoms in total. The first-order valence-electron chi connectivity index (χ1n) is 6.09. The molecule has 1 fully saturated rings. The highest BCUT2D eigenvalue weighted by Crippen LogP contribution is 2.17. The van der Waals surface area contributed by atoms with Gasteiger partial charge in [-0.3, -0.25) is 9.69 Å². The van der Waals surface area contributed by atoms with E-state index >= 15 is 0 Å². The Morgan fingerprint density at radius 1 is 1.38 bits per heavy atom. The molecule has 1 heterocycles. The molecule has 0 saturated carbocycles. The first kappa shape index (κ1) is 13.0. The number of aliphatic carboxylic acids is 1. The lowest BCUT2D eigenvalue weighted by Crippen LogP contribution is -2.41. The Morgan fingerprint density at radius 3 is 2.88 bits per heavy atom. The number of unbranched alkanes of at least 4 members (excludes halogenated alkanes) is 2. The van der Waals surface area contributed by atoms with Crippen LogP contribution in [0.1, 0.15) is 44.9 Å². The summed E-state index contributed by atoms with van der Waals surface area (Å²) in [7, 11) is 0. The average Bonchev–Trinajstić information content (AvgIpc) is 2.49. The lowest BCUT2D eigenvalue weighted by Gasteiger charge is -2.26. The first-order valence-corrected chi connectivity index (χ1v) is 6.09. The van der Waals surface area contributed by atoms with E-state index < -0.39 is 5.97 Å². The van der Waals surface area contributed by atoms with Crippen LogP contribution < -0.4 is 0 Å². The van der Waals surface area contributed by atoms with Crippen LogP contribution in [0.2, 0.25) is 0 Å². The third kappa shape index (κ3) is 4.19. The van der Waals surface area contributed by atoms with Gasteiger partial charge in [0.2, 0.25) is 0 Å². The second kappa shape index (κ2) is 7.24. The van der Waals surface area contributed by atoms with Gasteiger partial charge >= 0.3 is 5.97 Å². The van der Waals surface area contributed by atoms with Crippen molar-refractivity contribution in [3.8, 4) is 6.07 Å². The number of carbonyl (C=O) groups is 1. The molecule has 16 heavy (non-hydrogen) atoms. The zero-order chi connectivity index (χ0) is 11.8. The minimum Gasteiger partial charge on any atom is -0.480 e. The number of hydrogen-bond donors (Lipinski definition) is 1. The molecule has 1 rings (SSSR count). The molecule has 0 aromatic heterocycles. The molecule has 0 bridgehead atoms. The molecule has 0 spiro atoms. The fraction of sp³-hybridized carbons (Fsp3) is 0.833. The minimum atomic E-state index is -0.692. The molecule has 1 N–H and O–H groups in total. The summed E-state index contributed by atoms with van der Waals surface area (Å²) in [6.07, 6.45) is 6.40. The molecule has 1 saturated heterocycles. The van der Waals surface area contributed by atoms with Crippen molar-refractivity contribution in [1.82, 2.24) is 4.90 Å². The highest BCUT2D eigenvalue weighted by molar-refractivity contribution is 5.73. The Bertz CT molecular complexity index is 260. The molecular formula is C12H20N2O2. The molecule has 1 aliphatic rings. The lowest BCUT2D eigenvalue weighted by atomic mass is 10.1. The summed E-state index contributed by atoms with van der Waals surface area (Å²) >= 11 is 0. The second-order valence-corrected chi connectivity index (χ2v) is 4.35. The van der Waals surface area contributed by atoms with Gasteiger partial charge in [0.05, 0.1) is 6.07 Å². The molecule has 1 atom stereocenters. The molecule has 1 unspecified atom stereocenters. The van der Waals surface area contributed by atoms with E-state index in [2.05, 4.69) is 11.0 Å². The Hall–Kier alpha value is -1.08. The Kier molecular flexibility index (Phi) is 5.87. The molecule has 90 valence electrons. The highest BCUT2D eigenvalue weighted by atomic mass is 16.4. The van der Waals surface area contributed by atoms with Crippen LogP contribution in [0.15, 0.2) is 0 Å². The fourth-order valence-corrected chi connectivity index (χ4v) is 2.23. The van der Waals surface area contributed by atoms with Crippen molar-refractivity contribution in [2.75, 3.05) is 13.1 Å². The molecule has 0 aromatic rings. The smallest absolute Gasteiger partial charge is 0.320 e. The number of carboxylic acids is 1. The Balaban J connectivity index is 2.39. The van der Waals surface area contributed by atoms with Crippen molar-refractivity contribution in [3.05, 3.63) is 0 Å². The maximum absolute atomic E-state index is 11.1. The van der Waals surface area contributed by atoms with E-state index in [-0.39, 0.29) is 6.04 Å². The van der Waals surface area contributed by atoms with Crippen molar-refractivity contribution >= 4 is 5.97 Å². The summed E-state index contributed by atoms with van der Waals surface area (Å²) < 4.78 is 0. The average molecular weight is 224 g/mol. The van der Waals surface area contributed by atoms with Crippen LogP contribution in [0.25, 0.3) is 0 Å². The first-order chi connectivity index (χ1) is 7.75. The van der Waals surface area contributed by atoms with Crippen LogP contribution in [0, 0.1) is 11.3 Å². The monoisotopic (exact) mass is 224 g/mol. The summed E-state index contributed by atoms with van der Waals surface area (Å²) in [4.78, 5) is 13.2. The molecule has 0 aromatic carbocycles. The molecule has 4 heteroatoms. The highest BCUT2D eigenvalue weighted by Gasteiger charge is 2.26. The van der Waals surface area contributed by atoms with Crippen LogP contribution in [0.3, 0.4) is 0 Å². The SMILES string of the molecule is N#CCCCCN1CCCCCC1C(=O)O. The summed E-state index contributed by atoms with van der Waals surface area (Å²) in [5.74, 6) is -0.692. The standard InChI is InChI=1S/C12H20N2O2/c13-8-4-2-6-10-14-9-5-1-3-7-11(14)12(15)16/h11H,1-7,9-10H2,(H,15,16). The molecule has 0 radical (unpaired) electrons. The Labute approximate surface area is 96.9 Å². The van der Waals surface area contributed by atoms with Gasteiger partial charge < -0.3 is 5.11 Å². The number of carboxylic acid groups (broad SMARTS) is 1. The zero-order valence-electron chi connectivity index (χ0n) is 9.69. The third-order valence-corrected chi connectivity index (χ3v) is 3.13. The van der Waals surface area contributed by atoms with Gasteiger partial charge in [-0.1, -0.05) is 12.8 Å². The lowest BCUT2D eigenvalue weighted by molar-refractivity contribution is -0.143. The van der Waals surface area contributed by atoms with Crippen LogP contribution in [0.4, 0.5) is 0 Å². The predicted molar refractivity (Wildman–Crippen MR) is 60.9 cm³/mol. The topological polar surface area (TPSA) is 64.3 Å². The molecule has 0 amide bonds. The van der Waals surface area contributed by atoms with E-state index in [4.69, 9.17) is 10.4 Å². The number of likely N-dealkylation sites (tertiary alicyclic amines) is 1. The van der Waals surface area contributed by atoms with Crippen molar-refractivity contribution in [3.63, 3.8) is 0 Å². The predicted octanol–water partition coefficient (Wildman–Crippen LogP) is 2.01. The molecule has 0 aliphatic carbocycles. The second-order valence-electron chi connectivity index (χ2n) is 4.35. The van der Waals surface area contributed by atoms with Gasteiger partial charge in [-0.05, 0) is 38.8 Å². The summed E-state index contributed by atoms with van der Waals surface area (Å²) in [5, 5.41) is 17.6. The van der Waals surface area contributed by atoms with Gasteiger partial charge in [-0.25, -0.2) is 0 Å². The van der Waals surface area contributed by atoms with Crippen molar-refractivity contribution in [2.24, 2.45) is 0 Å². The van der Waals surface area contributed by atoms with E-state index in [9.17, 15) is 4.79 Å². The molecular weight excluding hydrogens is 204 g/mol. The van der Waals surface area contributed by atoms with Gasteiger partial charge in [0.1, 0.15) is 6.04 Å². The summed E-state index contributed by atoms with van der Waals surface area (Å²) in [6.45, 7) is 1.71. The van der Waals surface area contributed by atoms with Crippen LogP contribution in [-0.2, 0) is 4.79 Å². The van der Waals surface area contributed by atoms with E-state index in [1.807, 2.05) is 0 Å². The normalized spacial score (nSPS) is 22.3. The maximum Gasteiger partial charge on any atom is 0.320 e. The quantitative estimate of drug-likeness (QED) is 0.725. The van der Waals surface area contributed by atoms with E-state index in [0.29, 0.717) is 6.42 Å². The van der Waals surface area contributed by atoms with Gasteiger partial charge in [0.15, 0.2) is 0 Å². The van der Waals surface area contributed by atoms with Crippen molar-refractivity contribution in [1.29, 1.82) is 5.26 Å². The zero-order valence-corrected chi connectivity index (χ0v) is 9.69. The van der Waals surface area contributed by atoms with Crippen LogP contribution in [-0.4, -0.2) is 35.1 Å². The minimum absolute atomic E-state index is 0.301. The Morgan fingerprint density at radius 2 is 2.19 bits per heavy atom. The van der Waals surface area contributed by atoms with Crippen molar-refractivity contribution < 1.29 is 9.90 Å². The van der Waals surface area contributed by atoms with Crippen LogP contribution in [0.5, 0.6) is 0 Å². The number of hydrogen-bond acceptors (Lipinski definition) is 3. The number of nitriles is 1. The number of rotatable bonds is 5. The van der Waals surface area contributed by atoms with E-state index in [1.165, 1.54) is 0 Å². The van der Waals surface area contributed by atoms with Crippen molar-refractivity contribution in [2.45, 2.75) is 51.0 Å². The molecule has 1 aliphatic heterocycles. The summed E-state index contributed by atoms with van der Waals surface area (Å²) in [6, 6.07) is 1.82. The fourth-order valence-electron chi connectivity index (χ4n) is 2.23. The third-order valence-electron chi connectivity index (χ3n) is 3.13. The summed E-state index contributed by atoms with van der Waals surface area (Å²) in [5.41, 5.74) is 0. The van der Waals surface area contributed by atoms with Gasteiger partial charge in [0, 0.05) is 6.42 Å². The van der Waals surface area contributed by atoms with Gasteiger partial charge in [0.25, 0.3) is 0 Å². The van der Waals surface area contributed by atoms with E-state index in [1.54, 1.807) is 0 Å². The van der Waals surface area contributed by atoms with Gasteiger partial charge in [-0.15, -0.1) is 0 Å². The number of nitrogens with zero attached hydrogens (tertiary/aromatic N) is 2.